The number of carbonyl (C=O) groups is 2. The second kappa shape index (κ2) is 10.6. The van der Waals surface area contributed by atoms with Gasteiger partial charge in [-0.15, -0.1) is 0 Å². The van der Waals surface area contributed by atoms with Crippen LogP contribution < -0.4 is 10.1 Å². The maximum atomic E-state index is 13.4. The summed E-state index contributed by atoms with van der Waals surface area (Å²) < 4.78 is 33.0. The monoisotopic (exact) mass is 487 g/mol. The lowest BCUT2D eigenvalue weighted by molar-refractivity contribution is -0.153. The second-order valence-corrected chi connectivity index (χ2v) is 11.1. The van der Waals surface area contributed by atoms with E-state index in [1.807, 2.05) is 44.2 Å². The molecule has 8 nitrogen and oxygen atoms in total. The maximum Gasteiger partial charge on any atom is 0.247 e. The normalized spacial score (nSPS) is 19.3. The van der Waals surface area contributed by atoms with Crippen molar-refractivity contribution < 1.29 is 22.7 Å². The molecular weight excluding hydrogens is 454 g/mol. The number of nitrogens with zero attached hydrogens (tertiary/aromatic N) is 2. The fourth-order valence-electron chi connectivity index (χ4n) is 3.98. The molecule has 0 bridgehead atoms. The first kappa shape index (κ1) is 25.7. The highest BCUT2D eigenvalue weighted by atomic mass is 32.2. The Morgan fingerprint density at radius 1 is 1.12 bits per heavy atom. The number of ether oxygens (including phenoxy) is 1. The van der Waals surface area contributed by atoms with Crippen LogP contribution in [-0.2, 0) is 26.2 Å². The molecule has 1 aliphatic rings. The first-order chi connectivity index (χ1) is 16.1. The SMILES string of the molecule is COc1ccc(S(=O)(=O)N2CC(=O)N(CCC(C)C)[C@](C)(C(=O)NCc3ccccc3)C2)cc1. The Labute approximate surface area is 201 Å². The molecular formula is C25H33N3O5S. The van der Waals surface area contributed by atoms with Gasteiger partial charge in [-0.05, 0) is 49.1 Å². The highest BCUT2D eigenvalue weighted by molar-refractivity contribution is 7.89. The maximum absolute atomic E-state index is 13.4. The number of piperazine rings is 1. The van der Waals surface area contributed by atoms with Crippen molar-refractivity contribution in [1.82, 2.24) is 14.5 Å². The summed E-state index contributed by atoms with van der Waals surface area (Å²) in [6, 6.07) is 15.4. The average Bonchev–Trinajstić information content (AvgIpc) is 2.82. The molecule has 184 valence electrons. The molecule has 1 saturated heterocycles. The molecule has 2 aromatic carbocycles. The molecule has 0 aromatic heterocycles. The molecule has 34 heavy (non-hydrogen) atoms. The Morgan fingerprint density at radius 2 is 1.76 bits per heavy atom. The zero-order valence-corrected chi connectivity index (χ0v) is 21.0. The molecule has 0 radical (unpaired) electrons. The van der Waals surface area contributed by atoms with Gasteiger partial charge in [0.25, 0.3) is 0 Å². The number of nitrogens with one attached hydrogen (secondary N) is 1. The van der Waals surface area contributed by atoms with Gasteiger partial charge in [-0.25, -0.2) is 8.42 Å². The van der Waals surface area contributed by atoms with Gasteiger partial charge in [0.05, 0.1) is 18.6 Å². The summed E-state index contributed by atoms with van der Waals surface area (Å²) in [5.74, 6) is 0.0774. The number of hydrogen-bond donors (Lipinski definition) is 1. The van der Waals surface area contributed by atoms with E-state index >= 15 is 0 Å². The highest BCUT2D eigenvalue weighted by Gasteiger charge is 2.50. The van der Waals surface area contributed by atoms with E-state index < -0.39 is 15.6 Å². The molecule has 0 unspecified atom stereocenters. The molecule has 1 fully saturated rings. The van der Waals surface area contributed by atoms with E-state index in [1.54, 1.807) is 19.1 Å². The van der Waals surface area contributed by atoms with E-state index in [0.29, 0.717) is 24.6 Å². The third kappa shape index (κ3) is 5.59. The predicted molar refractivity (Wildman–Crippen MR) is 130 cm³/mol. The topological polar surface area (TPSA) is 96.0 Å². The third-order valence-corrected chi connectivity index (χ3v) is 7.91. The van der Waals surface area contributed by atoms with E-state index in [9.17, 15) is 18.0 Å². The highest BCUT2D eigenvalue weighted by Crippen LogP contribution is 2.29. The fraction of sp³-hybridized carbons (Fsp3) is 0.440. The lowest BCUT2D eigenvalue weighted by Crippen LogP contribution is -2.69. The minimum Gasteiger partial charge on any atom is -0.497 e. The summed E-state index contributed by atoms with van der Waals surface area (Å²) in [5.41, 5.74) is -0.434. The Balaban J connectivity index is 1.89. The van der Waals surface area contributed by atoms with Crippen LogP contribution in [0.1, 0.15) is 32.8 Å². The van der Waals surface area contributed by atoms with Crippen LogP contribution in [0.5, 0.6) is 5.75 Å². The van der Waals surface area contributed by atoms with Crippen molar-refractivity contribution in [3.05, 3.63) is 60.2 Å². The quantitative estimate of drug-likeness (QED) is 0.587. The van der Waals surface area contributed by atoms with Gasteiger partial charge in [0.1, 0.15) is 11.3 Å². The number of hydrogen-bond acceptors (Lipinski definition) is 5. The molecule has 0 spiro atoms. The van der Waals surface area contributed by atoms with Gasteiger partial charge in [-0.2, -0.15) is 4.31 Å². The number of amides is 2. The number of sulfonamides is 1. The minimum absolute atomic E-state index is 0.0452. The van der Waals surface area contributed by atoms with Gasteiger partial charge >= 0.3 is 0 Å². The van der Waals surface area contributed by atoms with Gasteiger partial charge in [0, 0.05) is 19.6 Å². The molecule has 2 amide bonds. The van der Waals surface area contributed by atoms with Gasteiger partial charge < -0.3 is 15.0 Å². The fourth-order valence-corrected chi connectivity index (χ4v) is 5.46. The zero-order valence-electron chi connectivity index (χ0n) is 20.2. The van der Waals surface area contributed by atoms with Crippen LogP contribution in [0.3, 0.4) is 0 Å². The standard InChI is InChI=1S/C25H33N3O5S/c1-19(2)14-15-28-23(29)17-27(34(31,32)22-12-10-21(33-4)11-13-22)18-25(28,3)24(30)26-16-20-8-6-5-7-9-20/h5-13,19H,14-18H2,1-4H3,(H,26,30)/t25-/m0/s1. The van der Waals surface area contributed by atoms with Crippen LogP contribution in [0.2, 0.25) is 0 Å². The number of rotatable bonds is 9. The molecule has 1 N–H and O–H groups in total. The zero-order chi connectivity index (χ0) is 24.9. The van der Waals surface area contributed by atoms with E-state index in [-0.39, 0.29) is 36.3 Å². The summed E-state index contributed by atoms with van der Waals surface area (Å²) >= 11 is 0. The molecule has 9 heteroatoms. The third-order valence-electron chi connectivity index (χ3n) is 6.10. The lowest BCUT2D eigenvalue weighted by atomic mass is 9.94. The Hall–Kier alpha value is -2.91. The Bertz CT molecular complexity index is 1100. The first-order valence-electron chi connectivity index (χ1n) is 11.3. The summed E-state index contributed by atoms with van der Waals surface area (Å²) in [6.45, 7) is 5.94. The van der Waals surface area contributed by atoms with Gasteiger partial charge in [0.15, 0.2) is 0 Å². The molecule has 3 rings (SSSR count). The smallest absolute Gasteiger partial charge is 0.247 e. The van der Waals surface area contributed by atoms with Gasteiger partial charge in [-0.1, -0.05) is 44.2 Å². The van der Waals surface area contributed by atoms with Crippen LogP contribution in [0.15, 0.2) is 59.5 Å². The summed E-state index contributed by atoms with van der Waals surface area (Å²) in [4.78, 5) is 28.2. The summed E-state index contributed by atoms with van der Waals surface area (Å²) in [5, 5.41) is 2.90. The largest absolute Gasteiger partial charge is 0.497 e. The molecule has 2 aromatic rings. The summed E-state index contributed by atoms with van der Waals surface area (Å²) in [7, 11) is -2.50. The molecule has 1 heterocycles. The van der Waals surface area contributed by atoms with Crippen molar-refractivity contribution >= 4 is 21.8 Å². The van der Waals surface area contributed by atoms with Crippen molar-refractivity contribution in [3.63, 3.8) is 0 Å². The van der Waals surface area contributed by atoms with Crippen LogP contribution in [-0.4, -0.2) is 61.7 Å². The van der Waals surface area contributed by atoms with Gasteiger partial charge in [0.2, 0.25) is 21.8 Å². The van der Waals surface area contributed by atoms with E-state index in [2.05, 4.69) is 5.32 Å². The van der Waals surface area contributed by atoms with Crippen molar-refractivity contribution in [1.29, 1.82) is 0 Å². The summed E-state index contributed by atoms with van der Waals surface area (Å²) in [6.07, 6.45) is 0.707. The lowest BCUT2D eigenvalue weighted by Gasteiger charge is -2.47. The van der Waals surface area contributed by atoms with Crippen LogP contribution in [0, 0.1) is 5.92 Å². The average molecular weight is 488 g/mol. The van der Waals surface area contributed by atoms with Crippen LogP contribution in [0.4, 0.5) is 0 Å². The van der Waals surface area contributed by atoms with E-state index in [1.165, 1.54) is 24.1 Å². The van der Waals surface area contributed by atoms with E-state index in [0.717, 1.165) is 9.87 Å². The number of methoxy groups -OCH3 is 1. The van der Waals surface area contributed by atoms with Crippen molar-refractivity contribution in [2.24, 2.45) is 5.92 Å². The number of benzene rings is 2. The number of carbonyl (C=O) groups excluding carboxylic acids is 2. The van der Waals surface area contributed by atoms with E-state index in [4.69, 9.17) is 4.74 Å². The molecule has 1 atom stereocenters. The Morgan fingerprint density at radius 3 is 2.35 bits per heavy atom. The van der Waals surface area contributed by atoms with Crippen molar-refractivity contribution in [3.8, 4) is 5.75 Å². The van der Waals surface area contributed by atoms with Crippen molar-refractivity contribution in [2.45, 2.75) is 44.2 Å². The molecule has 0 aliphatic carbocycles. The predicted octanol–water partition coefficient (Wildman–Crippen LogP) is 2.65. The van der Waals surface area contributed by atoms with Crippen LogP contribution in [0.25, 0.3) is 0 Å². The second-order valence-electron chi connectivity index (χ2n) is 9.12. The molecule has 0 saturated carbocycles. The Kier molecular flexibility index (Phi) is 7.99. The van der Waals surface area contributed by atoms with Crippen LogP contribution >= 0.6 is 0 Å². The molecule has 1 aliphatic heterocycles. The minimum atomic E-state index is -4.00. The van der Waals surface area contributed by atoms with Crippen molar-refractivity contribution in [2.75, 3.05) is 26.7 Å². The van der Waals surface area contributed by atoms with Gasteiger partial charge in [-0.3, -0.25) is 9.59 Å². The first-order valence-corrected chi connectivity index (χ1v) is 12.8.